The van der Waals surface area contributed by atoms with Crippen LogP contribution in [0.5, 0.6) is 5.75 Å². The summed E-state index contributed by atoms with van der Waals surface area (Å²) in [5.41, 5.74) is 0. The van der Waals surface area contributed by atoms with Gasteiger partial charge in [-0.1, -0.05) is 34.8 Å². The normalized spacial score (nSPS) is 10.9. The van der Waals surface area contributed by atoms with Crippen molar-refractivity contribution in [3.63, 3.8) is 0 Å². The van der Waals surface area contributed by atoms with Gasteiger partial charge < -0.3 is 15.4 Å². The molecule has 0 unspecified atom stereocenters. The lowest BCUT2D eigenvalue weighted by Crippen LogP contribution is -2.39. The van der Waals surface area contributed by atoms with Crippen LogP contribution in [0.15, 0.2) is 17.1 Å². The molecule has 0 spiro atoms. The Morgan fingerprint density at radius 1 is 1.18 bits per heavy atom. The maximum atomic E-state index is 12.0. The summed E-state index contributed by atoms with van der Waals surface area (Å²) in [6.07, 6.45) is 0.438. The van der Waals surface area contributed by atoms with E-state index in [-0.39, 0.29) is 30.7 Å². The molecule has 0 aliphatic carbocycles. The van der Waals surface area contributed by atoms with Crippen LogP contribution in [-0.4, -0.2) is 39.4 Å². The molecule has 0 fully saturated rings. The highest BCUT2D eigenvalue weighted by molar-refractivity contribution is 14.0. The zero-order valence-corrected chi connectivity index (χ0v) is 16.6. The predicted molar refractivity (Wildman–Crippen MR) is 102 cm³/mol. The number of halogens is 5. The molecule has 2 N–H and O–H groups in total. The highest BCUT2D eigenvalue weighted by Crippen LogP contribution is 2.35. The van der Waals surface area contributed by atoms with E-state index in [4.69, 9.17) is 39.5 Å². The van der Waals surface area contributed by atoms with Crippen molar-refractivity contribution in [2.45, 2.75) is 6.42 Å². The molecular formula is C13H18Cl3FIN3O. The molecule has 0 aliphatic rings. The SMILES string of the molecule is CN=C(NCCCF)NCCOc1c(Cl)cc(Cl)cc1Cl.I. The van der Waals surface area contributed by atoms with E-state index in [2.05, 4.69) is 15.6 Å². The fourth-order valence-corrected chi connectivity index (χ4v) is 2.41. The molecule has 0 heterocycles. The number of ether oxygens (including phenoxy) is 1. The lowest BCUT2D eigenvalue weighted by atomic mass is 10.3. The van der Waals surface area contributed by atoms with Gasteiger partial charge in [-0.2, -0.15) is 0 Å². The van der Waals surface area contributed by atoms with Gasteiger partial charge in [0.2, 0.25) is 0 Å². The Morgan fingerprint density at radius 2 is 1.77 bits per heavy atom. The molecule has 0 amide bonds. The van der Waals surface area contributed by atoms with E-state index in [0.29, 0.717) is 52.9 Å². The largest absolute Gasteiger partial charge is 0.489 e. The zero-order chi connectivity index (χ0) is 15.7. The molecule has 1 aromatic rings. The molecule has 0 aliphatic heterocycles. The molecule has 4 nitrogen and oxygen atoms in total. The zero-order valence-electron chi connectivity index (χ0n) is 12.0. The third-order valence-electron chi connectivity index (χ3n) is 2.43. The summed E-state index contributed by atoms with van der Waals surface area (Å²) < 4.78 is 17.5. The van der Waals surface area contributed by atoms with Gasteiger partial charge in [-0.05, 0) is 18.6 Å². The quantitative estimate of drug-likeness (QED) is 0.264. The first-order valence-electron chi connectivity index (χ1n) is 6.36. The molecule has 0 bridgehead atoms. The molecule has 1 aromatic carbocycles. The maximum absolute atomic E-state index is 12.0. The Balaban J connectivity index is 0.00000441. The van der Waals surface area contributed by atoms with Crippen molar-refractivity contribution in [1.29, 1.82) is 0 Å². The standard InChI is InChI=1S/C13H17Cl3FN3O.HI/c1-18-13(19-4-2-3-17)20-5-6-21-12-10(15)7-9(14)8-11(12)16;/h7-8H,2-6H2,1H3,(H2,18,19,20);1H. The third kappa shape index (κ3) is 7.89. The fraction of sp³-hybridized carbons (Fsp3) is 0.462. The Bertz CT molecular complexity index is 469. The minimum Gasteiger partial charge on any atom is -0.489 e. The van der Waals surface area contributed by atoms with Crippen molar-refractivity contribution in [2.24, 2.45) is 4.99 Å². The van der Waals surface area contributed by atoms with Crippen LogP contribution in [-0.2, 0) is 0 Å². The first-order valence-corrected chi connectivity index (χ1v) is 7.49. The van der Waals surface area contributed by atoms with Crippen LogP contribution in [0.1, 0.15) is 6.42 Å². The van der Waals surface area contributed by atoms with Gasteiger partial charge in [-0.25, -0.2) is 0 Å². The number of hydrogen-bond donors (Lipinski definition) is 2. The number of hydrogen-bond acceptors (Lipinski definition) is 2. The van der Waals surface area contributed by atoms with Crippen LogP contribution in [0.4, 0.5) is 4.39 Å². The number of aliphatic imine (C=N–C) groups is 1. The Labute approximate surface area is 161 Å². The van der Waals surface area contributed by atoms with E-state index in [9.17, 15) is 4.39 Å². The van der Waals surface area contributed by atoms with Gasteiger partial charge in [0, 0.05) is 18.6 Å². The number of nitrogens with zero attached hydrogens (tertiary/aromatic N) is 1. The van der Waals surface area contributed by atoms with Gasteiger partial charge in [0.15, 0.2) is 11.7 Å². The van der Waals surface area contributed by atoms with Gasteiger partial charge in [-0.15, -0.1) is 24.0 Å². The van der Waals surface area contributed by atoms with Gasteiger partial charge in [-0.3, -0.25) is 9.38 Å². The van der Waals surface area contributed by atoms with E-state index in [1.165, 1.54) is 0 Å². The molecule has 0 saturated carbocycles. The highest BCUT2D eigenvalue weighted by Gasteiger charge is 2.09. The van der Waals surface area contributed by atoms with E-state index in [1.54, 1.807) is 19.2 Å². The van der Waals surface area contributed by atoms with E-state index >= 15 is 0 Å². The molecule has 9 heteroatoms. The summed E-state index contributed by atoms with van der Waals surface area (Å²) >= 11 is 17.8. The van der Waals surface area contributed by atoms with Crippen molar-refractivity contribution in [3.8, 4) is 5.75 Å². The molecule has 0 aromatic heterocycles. The number of nitrogens with one attached hydrogen (secondary N) is 2. The van der Waals surface area contributed by atoms with Crippen molar-refractivity contribution < 1.29 is 9.13 Å². The first kappa shape index (κ1) is 21.8. The smallest absolute Gasteiger partial charge is 0.191 e. The number of alkyl halides is 1. The van der Waals surface area contributed by atoms with Gasteiger partial charge in [0.25, 0.3) is 0 Å². The van der Waals surface area contributed by atoms with Crippen LogP contribution in [0, 0.1) is 0 Å². The minimum atomic E-state index is -0.360. The average molecular weight is 485 g/mol. The summed E-state index contributed by atoms with van der Waals surface area (Å²) in [6, 6.07) is 3.13. The van der Waals surface area contributed by atoms with E-state index in [0.717, 1.165) is 0 Å². The second-order valence-electron chi connectivity index (χ2n) is 4.02. The molecule has 0 saturated heterocycles. The van der Waals surface area contributed by atoms with Crippen LogP contribution < -0.4 is 15.4 Å². The molecule has 1 rings (SSSR count). The van der Waals surface area contributed by atoms with Crippen LogP contribution >= 0.6 is 58.8 Å². The van der Waals surface area contributed by atoms with Crippen molar-refractivity contribution in [2.75, 3.05) is 33.4 Å². The lowest BCUT2D eigenvalue weighted by Gasteiger charge is -2.13. The second-order valence-corrected chi connectivity index (χ2v) is 5.27. The Hall–Kier alpha value is -0.180. The third-order valence-corrected chi connectivity index (χ3v) is 3.21. The van der Waals surface area contributed by atoms with Crippen LogP contribution in [0.2, 0.25) is 15.1 Å². The number of guanidine groups is 1. The van der Waals surface area contributed by atoms with E-state index < -0.39 is 0 Å². The predicted octanol–water partition coefficient (Wildman–Crippen LogP) is 4.17. The minimum absolute atomic E-state index is 0. The average Bonchev–Trinajstić information content (AvgIpc) is 2.43. The molecule has 0 atom stereocenters. The monoisotopic (exact) mass is 483 g/mol. The molecule has 22 heavy (non-hydrogen) atoms. The molecule has 126 valence electrons. The van der Waals surface area contributed by atoms with Crippen LogP contribution in [0.25, 0.3) is 0 Å². The summed E-state index contributed by atoms with van der Waals surface area (Å²) in [6.45, 7) is 0.988. The number of rotatable bonds is 7. The Morgan fingerprint density at radius 3 is 2.32 bits per heavy atom. The van der Waals surface area contributed by atoms with Crippen molar-refractivity contribution in [3.05, 3.63) is 27.2 Å². The van der Waals surface area contributed by atoms with Crippen LogP contribution in [0.3, 0.4) is 0 Å². The molecular weight excluding hydrogens is 466 g/mol. The topological polar surface area (TPSA) is 45.7 Å². The van der Waals surface area contributed by atoms with Gasteiger partial charge in [0.1, 0.15) is 6.61 Å². The lowest BCUT2D eigenvalue weighted by molar-refractivity contribution is 0.322. The summed E-state index contributed by atoms with van der Waals surface area (Å²) in [7, 11) is 1.64. The maximum Gasteiger partial charge on any atom is 0.191 e. The first-order chi connectivity index (χ1) is 10.1. The van der Waals surface area contributed by atoms with Gasteiger partial charge >= 0.3 is 0 Å². The molecule has 0 radical (unpaired) electrons. The summed E-state index contributed by atoms with van der Waals surface area (Å²) in [5.74, 6) is 0.977. The van der Waals surface area contributed by atoms with Crippen molar-refractivity contribution in [1.82, 2.24) is 10.6 Å². The fourth-order valence-electron chi connectivity index (χ4n) is 1.48. The van der Waals surface area contributed by atoms with Crippen molar-refractivity contribution >= 4 is 64.7 Å². The van der Waals surface area contributed by atoms with E-state index in [1.807, 2.05) is 0 Å². The second kappa shape index (κ2) is 12.3. The number of benzene rings is 1. The summed E-state index contributed by atoms with van der Waals surface area (Å²) in [5, 5.41) is 7.17. The summed E-state index contributed by atoms with van der Waals surface area (Å²) in [4.78, 5) is 4.00. The Kier molecular flexibility index (Phi) is 12.2. The highest BCUT2D eigenvalue weighted by atomic mass is 127. The van der Waals surface area contributed by atoms with Gasteiger partial charge in [0.05, 0.1) is 23.3 Å².